The molecular weight excluding hydrogens is 566 g/mol. The molecule has 0 saturated heterocycles. The highest BCUT2D eigenvalue weighted by molar-refractivity contribution is 6.35. The van der Waals surface area contributed by atoms with Crippen LogP contribution >= 0.6 is 11.6 Å². The molecule has 10 heteroatoms. The molecule has 0 radical (unpaired) electrons. The Bertz CT molecular complexity index is 1930. The standard InChI is InChI=1S/C33H30ClN5O4/c1-19-23(7-5-8-24(19)31-36-26-14-20(18-40)13-22(15-35)30(26)42-31)25-9-6-10-28(29(25)34)39-16-21-11-12-38(17-27(21)37-39)32(41)43-33(2,3)4/h5-10,13-14,16,40H,11-12,17-18H2,1-4H3. The predicted molar refractivity (Wildman–Crippen MR) is 163 cm³/mol. The molecule has 1 aliphatic rings. The molecule has 0 saturated carbocycles. The lowest BCUT2D eigenvalue weighted by Crippen LogP contribution is -2.39. The van der Waals surface area contributed by atoms with E-state index in [-0.39, 0.29) is 12.7 Å². The molecule has 1 aliphatic heterocycles. The zero-order chi connectivity index (χ0) is 30.5. The maximum absolute atomic E-state index is 12.6. The van der Waals surface area contributed by atoms with Crippen molar-refractivity contribution in [3.8, 4) is 34.3 Å². The van der Waals surface area contributed by atoms with Crippen LogP contribution in [0.5, 0.6) is 0 Å². The summed E-state index contributed by atoms with van der Waals surface area (Å²) in [6.07, 6.45) is 2.30. The van der Waals surface area contributed by atoms with Crippen LogP contribution in [0.3, 0.4) is 0 Å². The molecule has 43 heavy (non-hydrogen) atoms. The van der Waals surface area contributed by atoms with E-state index >= 15 is 0 Å². The summed E-state index contributed by atoms with van der Waals surface area (Å²) in [6.45, 7) is 8.27. The Morgan fingerprint density at radius 1 is 1.16 bits per heavy atom. The fourth-order valence-corrected chi connectivity index (χ4v) is 5.67. The zero-order valence-corrected chi connectivity index (χ0v) is 25.1. The number of nitrogens with zero attached hydrogens (tertiary/aromatic N) is 5. The number of aliphatic hydroxyl groups is 1. The number of amides is 1. The van der Waals surface area contributed by atoms with Gasteiger partial charge in [-0.3, -0.25) is 0 Å². The van der Waals surface area contributed by atoms with Crippen molar-refractivity contribution in [1.82, 2.24) is 19.7 Å². The summed E-state index contributed by atoms with van der Waals surface area (Å²) in [5.74, 6) is 0.377. The summed E-state index contributed by atoms with van der Waals surface area (Å²) in [5.41, 5.74) is 7.23. The van der Waals surface area contributed by atoms with Crippen LogP contribution in [-0.2, 0) is 24.3 Å². The summed E-state index contributed by atoms with van der Waals surface area (Å²) >= 11 is 7.06. The Hall–Kier alpha value is -4.65. The van der Waals surface area contributed by atoms with Crippen LogP contribution in [0.1, 0.15) is 48.7 Å². The highest BCUT2D eigenvalue weighted by Gasteiger charge is 2.28. The van der Waals surface area contributed by atoms with E-state index in [1.54, 1.807) is 21.7 Å². The molecule has 0 fully saturated rings. The van der Waals surface area contributed by atoms with Gasteiger partial charge in [-0.05, 0) is 80.6 Å². The van der Waals surface area contributed by atoms with Crippen LogP contribution in [0.4, 0.5) is 4.79 Å². The van der Waals surface area contributed by atoms with Crippen molar-refractivity contribution < 1.29 is 19.1 Å². The van der Waals surface area contributed by atoms with Crippen LogP contribution in [0.25, 0.3) is 39.4 Å². The van der Waals surface area contributed by atoms with Gasteiger partial charge in [0.25, 0.3) is 0 Å². The summed E-state index contributed by atoms with van der Waals surface area (Å²) in [6, 6.07) is 17.1. The van der Waals surface area contributed by atoms with Crippen molar-refractivity contribution in [3.63, 3.8) is 0 Å². The maximum atomic E-state index is 12.6. The number of rotatable bonds is 4. The van der Waals surface area contributed by atoms with Crippen molar-refractivity contribution >= 4 is 28.8 Å². The van der Waals surface area contributed by atoms with Crippen molar-refractivity contribution in [1.29, 1.82) is 5.26 Å². The Morgan fingerprint density at radius 2 is 1.91 bits per heavy atom. The Kier molecular flexibility index (Phi) is 7.20. The van der Waals surface area contributed by atoms with Gasteiger partial charge in [-0.15, -0.1) is 0 Å². The van der Waals surface area contributed by atoms with E-state index in [1.807, 2.05) is 70.3 Å². The molecule has 0 unspecified atom stereocenters. The lowest BCUT2D eigenvalue weighted by Gasteiger charge is -2.29. The summed E-state index contributed by atoms with van der Waals surface area (Å²) in [7, 11) is 0. The molecule has 0 atom stereocenters. The van der Waals surface area contributed by atoms with Crippen LogP contribution in [0.2, 0.25) is 5.02 Å². The molecule has 5 aromatic rings. The summed E-state index contributed by atoms with van der Waals surface area (Å²) in [5, 5.41) is 24.5. The minimum absolute atomic E-state index is 0.197. The van der Waals surface area contributed by atoms with Crippen LogP contribution < -0.4 is 0 Å². The number of aromatic nitrogens is 3. The first kappa shape index (κ1) is 28.5. The molecule has 3 heterocycles. The molecule has 0 aliphatic carbocycles. The lowest BCUT2D eigenvalue weighted by molar-refractivity contribution is 0.0221. The normalized spacial score (nSPS) is 13.2. The topological polar surface area (TPSA) is 117 Å². The minimum atomic E-state index is -0.566. The van der Waals surface area contributed by atoms with Gasteiger partial charge in [0.05, 0.1) is 35.1 Å². The van der Waals surface area contributed by atoms with Gasteiger partial charge < -0.3 is 19.2 Å². The Balaban J connectivity index is 1.34. The minimum Gasteiger partial charge on any atom is -0.444 e. The smallest absolute Gasteiger partial charge is 0.410 e. The van der Waals surface area contributed by atoms with Crippen LogP contribution in [0, 0.1) is 18.3 Å². The van der Waals surface area contributed by atoms with Crippen molar-refractivity contribution in [3.05, 3.63) is 87.7 Å². The quantitative estimate of drug-likeness (QED) is 0.238. The third kappa shape index (κ3) is 5.36. The first-order valence-electron chi connectivity index (χ1n) is 14.0. The second-order valence-electron chi connectivity index (χ2n) is 11.6. The molecule has 1 amide bonds. The first-order valence-corrected chi connectivity index (χ1v) is 14.3. The van der Waals surface area contributed by atoms with E-state index in [0.717, 1.165) is 39.2 Å². The van der Waals surface area contributed by atoms with Crippen molar-refractivity contribution in [2.45, 2.75) is 52.9 Å². The number of hydrogen-bond donors (Lipinski definition) is 1. The van der Waals surface area contributed by atoms with Gasteiger partial charge in [0, 0.05) is 23.9 Å². The monoisotopic (exact) mass is 595 g/mol. The van der Waals surface area contributed by atoms with Gasteiger partial charge in [0.1, 0.15) is 17.2 Å². The summed E-state index contributed by atoms with van der Waals surface area (Å²) in [4.78, 5) is 19.0. The Labute approximate surface area is 253 Å². The molecule has 2 aromatic heterocycles. The van der Waals surface area contributed by atoms with Gasteiger partial charge >= 0.3 is 6.09 Å². The fraction of sp³-hybridized carbons (Fsp3) is 0.273. The number of nitriles is 1. The van der Waals surface area contributed by atoms with Gasteiger partial charge in [-0.25, -0.2) is 14.5 Å². The second-order valence-corrected chi connectivity index (χ2v) is 12.0. The lowest BCUT2D eigenvalue weighted by atomic mass is 9.96. The molecule has 3 aromatic carbocycles. The van der Waals surface area contributed by atoms with E-state index in [0.29, 0.717) is 52.7 Å². The van der Waals surface area contributed by atoms with Crippen molar-refractivity contribution in [2.24, 2.45) is 0 Å². The van der Waals surface area contributed by atoms with E-state index in [4.69, 9.17) is 25.9 Å². The van der Waals surface area contributed by atoms with Crippen LogP contribution in [-0.4, -0.2) is 43.0 Å². The average molecular weight is 596 g/mol. The summed E-state index contributed by atoms with van der Waals surface area (Å²) < 4.78 is 13.4. The highest BCUT2D eigenvalue weighted by Crippen LogP contribution is 2.39. The molecule has 0 bridgehead atoms. The number of carbonyl (C=O) groups is 1. The third-order valence-corrected chi connectivity index (χ3v) is 7.85. The molecule has 218 valence electrons. The number of halogens is 1. The van der Waals surface area contributed by atoms with Crippen LogP contribution in [0.15, 0.2) is 59.1 Å². The number of aliphatic hydroxyl groups excluding tert-OH is 1. The number of carbonyl (C=O) groups excluding carboxylic acids is 1. The highest BCUT2D eigenvalue weighted by atomic mass is 35.5. The Morgan fingerprint density at radius 3 is 2.65 bits per heavy atom. The van der Waals surface area contributed by atoms with E-state index in [2.05, 4.69) is 11.1 Å². The van der Waals surface area contributed by atoms with E-state index < -0.39 is 5.60 Å². The van der Waals surface area contributed by atoms with Gasteiger partial charge in [0.2, 0.25) is 5.89 Å². The largest absolute Gasteiger partial charge is 0.444 e. The molecular formula is C33H30ClN5O4. The number of fused-ring (bicyclic) bond motifs is 2. The number of hydrogen-bond acceptors (Lipinski definition) is 7. The van der Waals surface area contributed by atoms with Gasteiger partial charge in [-0.2, -0.15) is 10.4 Å². The number of ether oxygens (including phenoxy) is 1. The molecule has 0 spiro atoms. The van der Waals surface area contributed by atoms with E-state index in [1.165, 1.54) is 0 Å². The average Bonchev–Trinajstić information content (AvgIpc) is 3.60. The SMILES string of the molecule is Cc1c(-c2nc3cc(CO)cc(C#N)c3o2)cccc1-c1cccc(-n2cc3c(n2)CN(C(=O)OC(C)(C)C)CC3)c1Cl. The maximum Gasteiger partial charge on any atom is 0.410 e. The predicted octanol–water partition coefficient (Wildman–Crippen LogP) is 6.97. The molecule has 6 rings (SSSR count). The molecule has 1 N–H and O–H groups in total. The fourth-order valence-electron chi connectivity index (χ4n) is 5.35. The zero-order valence-electron chi connectivity index (χ0n) is 24.3. The van der Waals surface area contributed by atoms with Crippen molar-refractivity contribution in [2.75, 3.05) is 6.54 Å². The second kappa shape index (κ2) is 10.9. The molecule has 9 nitrogen and oxygen atoms in total. The number of oxazole rings is 1. The van der Waals surface area contributed by atoms with Gasteiger partial charge in [0.15, 0.2) is 5.58 Å². The number of benzene rings is 3. The van der Waals surface area contributed by atoms with Gasteiger partial charge in [-0.1, -0.05) is 35.9 Å². The first-order chi connectivity index (χ1) is 20.6. The third-order valence-electron chi connectivity index (χ3n) is 7.45. The van der Waals surface area contributed by atoms with E-state index in [9.17, 15) is 15.2 Å².